The Balaban J connectivity index is 0.00000261. The molecule has 0 bridgehead atoms. The number of para-hydroxylation sites is 1. The van der Waals surface area contributed by atoms with Crippen LogP contribution in [0.1, 0.15) is 12.0 Å². The zero-order valence-electron chi connectivity index (χ0n) is 14.9. The van der Waals surface area contributed by atoms with Gasteiger partial charge in [-0.25, -0.2) is 13.2 Å². The summed E-state index contributed by atoms with van der Waals surface area (Å²) < 4.78 is 41.1. The van der Waals surface area contributed by atoms with Crippen LogP contribution in [0.2, 0.25) is 0 Å². The summed E-state index contributed by atoms with van der Waals surface area (Å²) in [5.74, 6) is -0.834. The van der Waals surface area contributed by atoms with Crippen LogP contribution < -0.4 is 15.5 Å². The van der Waals surface area contributed by atoms with Crippen molar-refractivity contribution in [3.05, 3.63) is 65.5 Å². The lowest BCUT2D eigenvalue weighted by molar-refractivity contribution is 0.575. The van der Waals surface area contributed by atoms with Crippen LogP contribution in [0, 0.1) is 17.5 Å². The topological polar surface area (TPSA) is 39.7 Å². The van der Waals surface area contributed by atoms with Gasteiger partial charge in [0.1, 0.15) is 23.1 Å². The molecule has 1 unspecified atom stereocenters. The van der Waals surface area contributed by atoms with E-state index in [0.717, 1.165) is 12.0 Å². The Morgan fingerprint density at radius 2 is 1.85 bits per heavy atom. The zero-order valence-corrected chi connectivity index (χ0v) is 17.2. The third kappa shape index (κ3) is 5.50. The molecule has 1 aliphatic heterocycles. The van der Waals surface area contributed by atoms with Crippen LogP contribution in [0.15, 0.2) is 47.5 Å². The Morgan fingerprint density at radius 1 is 1.15 bits per heavy atom. The smallest absolute Gasteiger partial charge is 0.191 e. The average molecular weight is 490 g/mol. The molecule has 2 aromatic carbocycles. The standard InChI is InChI=1S/C19H21F3N4.HI/c1-23-19(24-11-13-4-2-5-14(20)10-13)25-15-8-9-26(12-15)18-16(21)6-3-7-17(18)22;/h2-7,10,15H,8-9,11-12H2,1H3,(H2,23,24,25);1H. The van der Waals surface area contributed by atoms with E-state index >= 15 is 0 Å². The van der Waals surface area contributed by atoms with Gasteiger partial charge in [0.25, 0.3) is 0 Å². The monoisotopic (exact) mass is 490 g/mol. The summed E-state index contributed by atoms with van der Waals surface area (Å²) in [5, 5.41) is 6.37. The molecule has 8 heteroatoms. The van der Waals surface area contributed by atoms with Crippen LogP contribution >= 0.6 is 24.0 Å². The summed E-state index contributed by atoms with van der Waals surface area (Å²) in [6, 6.07) is 10.2. The van der Waals surface area contributed by atoms with E-state index in [0.29, 0.717) is 25.6 Å². The number of nitrogens with one attached hydrogen (secondary N) is 2. The maximum atomic E-state index is 13.9. The number of hydrogen-bond donors (Lipinski definition) is 2. The van der Waals surface area contributed by atoms with E-state index in [4.69, 9.17) is 0 Å². The fraction of sp³-hybridized carbons (Fsp3) is 0.316. The number of hydrogen-bond acceptors (Lipinski definition) is 2. The SMILES string of the molecule is CN=C(NCc1cccc(F)c1)NC1CCN(c2c(F)cccc2F)C1.I. The van der Waals surface area contributed by atoms with Gasteiger partial charge in [-0.3, -0.25) is 4.99 Å². The minimum atomic E-state index is -0.556. The Kier molecular flexibility index (Phi) is 7.76. The third-order valence-corrected chi connectivity index (χ3v) is 4.36. The normalized spacial score (nSPS) is 16.8. The van der Waals surface area contributed by atoms with Gasteiger partial charge in [-0.05, 0) is 36.2 Å². The molecule has 3 rings (SSSR count). The molecular weight excluding hydrogens is 468 g/mol. The van der Waals surface area contributed by atoms with Crippen molar-refractivity contribution in [1.29, 1.82) is 0 Å². The molecule has 27 heavy (non-hydrogen) atoms. The molecule has 1 heterocycles. The van der Waals surface area contributed by atoms with Crippen molar-refractivity contribution in [2.45, 2.75) is 19.0 Å². The number of aliphatic imine (C=N–C) groups is 1. The van der Waals surface area contributed by atoms with Gasteiger partial charge in [0, 0.05) is 32.7 Å². The second-order valence-corrected chi connectivity index (χ2v) is 6.20. The second-order valence-electron chi connectivity index (χ2n) is 6.20. The first-order valence-corrected chi connectivity index (χ1v) is 8.47. The fourth-order valence-electron chi connectivity index (χ4n) is 3.09. The highest BCUT2D eigenvalue weighted by molar-refractivity contribution is 14.0. The van der Waals surface area contributed by atoms with Gasteiger partial charge in [-0.2, -0.15) is 0 Å². The van der Waals surface area contributed by atoms with E-state index in [1.165, 1.54) is 30.3 Å². The number of guanidine groups is 1. The molecule has 0 spiro atoms. The summed E-state index contributed by atoms with van der Waals surface area (Å²) in [6.07, 6.45) is 0.731. The van der Waals surface area contributed by atoms with E-state index in [1.54, 1.807) is 18.0 Å². The van der Waals surface area contributed by atoms with Gasteiger partial charge >= 0.3 is 0 Å². The van der Waals surface area contributed by atoms with E-state index in [9.17, 15) is 13.2 Å². The maximum absolute atomic E-state index is 13.9. The molecule has 0 aliphatic carbocycles. The number of anilines is 1. The summed E-state index contributed by atoms with van der Waals surface area (Å²) in [7, 11) is 1.64. The summed E-state index contributed by atoms with van der Waals surface area (Å²) in [4.78, 5) is 5.85. The van der Waals surface area contributed by atoms with E-state index in [2.05, 4.69) is 15.6 Å². The van der Waals surface area contributed by atoms with Crippen molar-refractivity contribution >= 4 is 35.6 Å². The minimum absolute atomic E-state index is 0. The average Bonchev–Trinajstić information content (AvgIpc) is 3.06. The molecule has 0 aromatic heterocycles. The molecule has 2 aromatic rings. The number of benzene rings is 2. The molecule has 1 atom stereocenters. The van der Waals surface area contributed by atoms with Gasteiger partial charge in [0.2, 0.25) is 0 Å². The van der Waals surface area contributed by atoms with Gasteiger partial charge in [-0.1, -0.05) is 18.2 Å². The van der Waals surface area contributed by atoms with Gasteiger partial charge in [-0.15, -0.1) is 24.0 Å². The molecule has 2 N–H and O–H groups in total. The highest BCUT2D eigenvalue weighted by Crippen LogP contribution is 2.26. The lowest BCUT2D eigenvalue weighted by atomic mass is 10.2. The molecule has 0 saturated carbocycles. The Labute approximate surface area is 173 Å². The number of nitrogens with zero attached hydrogens (tertiary/aromatic N) is 2. The minimum Gasteiger partial charge on any atom is -0.365 e. The number of halogens is 4. The Morgan fingerprint density at radius 3 is 2.52 bits per heavy atom. The van der Waals surface area contributed by atoms with Crippen molar-refractivity contribution in [1.82, 2.24) is 10.6 Å². The van der Waals surface area contributed by atoms with Gasteiger partial charge in [0.05, 0.1) is 0 Å². The van der Waals surface area contributed by atoms with Crippen LogP contribution in [-0.4, -0.2) is 32.1 Å². The molecule has 0 amide bonds. The fourth-order valence-corrected chi connectivity index (χ4v) is 3.09. The maximum Gasteiger partial charge on any atom is 0.191 e. The van der Waals surface area contributed by atoms with Gasteiger partial charge < -0.3 is 15.5 Å². The van der Waals surface area contributed by atoms with Crippen LogP contribution in [0.5, 0.6) is 0 Å². The largest absolute Gasteiger partial charge is 0.365 e. The first kappa shape index (κ1) is 21.3. The molecular formula is C19H22F3IN4. The lowest BCUT2D eigenvalue weighted by Crippen LogP contribution is -2.44. The van der Waals surface area contributed by atoms with Crippen LogP contribution in [0.25, 0.3) is 0 Å². The Bertz CT molecular complexity index is 780. The van der Waals surface area contributed by atoms with E-state index in [-0.39, 0.29) is 41.5 Å². The van der Waals surface area contributed by atoms with E-state index < -0.39 is 11.6 Å². The van der Waals surface area contributed by atoms with Crippen molar-refractivity contribution in [2.75, 3.05) is 25.0 Å². The quantitative estimate of drug-likeness (QED) is 0.391. The van der Waals surface area contributed by atoms with Crippen molar-refractivity contribution in [2.24, 2.45) is 4.99 Å². The summed E-state index contributed by atoms with van der Waals surface area (Å²) in [5.41, 5.74) is 0.814. The molecule has 1 saturated heterocycles. The first-order chi connectivity index (χ1) is 12.6. The molecule has 0 radical (unpaired) electrons. The highest BCUT2D eigenvalue weighted by atomic mass is 127. The second kappa shape index (κ2) is 9.82. The van der Waals surface area contributed by atoms with Gasteiger partial charge in [0.15, 0.2) is 5.96 Å². The highest BCUT2D eigenvalue weighted by Gasteiger charge is 2.27. The predicted octanol–water partition coefficient (Wildman–Crippen LogP) is 3.67. The predicted molar refractivity (Wildman–Crippen MR) is 112 cm³/mol. The number of rotatable bonds is 4. The van der Waals surface area contributed by atoms with Crippen LogP contribution in [-0.2, 0) is 6.54 Å². The van der Waals surface area contributed by atoms with Crippen molar-refractivity contribution in [3.63, 3.8) is 0 Å². The first-order valence-electron chi connectivity index (χ1n) is 8.47. The third-order valence-electron chi connectivity index (χ3n) is 4.36. The molecule has 146 valence electrons. The van der Waals surface area contributed by atoms with Crippen LogP contribution in [0.4, 0.5) is 18.9 Å². The van der Waals surface area contributed by atoms with E-state index in [1.807, 2.05) is 6.07 Å². The van der Waals surface area contributed by atoms with Crippen molar-refractivity contribution in [3.8, 4) is 0 Å². The zero-order chi connectivity index (χ0) is 18.5. The van der Waals surface area contributed by atoms with Crippen LogP contribution in [0.3, 0.4) is 0 Å². The molecule has 4 nitrogen and oxygen atoms in total. The lowest BCUT2D eigenvalue weighted by Gasteiger charge is -2.21. The molecule has 1 fully saturated rings. The molecule has 1 aliphatic rings. The summed E-state index contributed by atoms with van der Waals surface area (Å²) >= 11 is 0. The summed E-state index contributed by atoms with van der Waals surface area (Å²) in [6.45, 7) is 1.45. The van der Waals surface area contributed by atoms with Crippen molar-refractivity contribution < 1.29 is 13.2 Å². The Hall–Kier alpha value is -1.97.